The third-order valence-electron chi connectivity index (χ3n) is 6.17. The van der Waals surface area contributed by atoms with E-state index in [1.165, 1.54) is 4.90 Å². The molecular formula is C20H20F5N3O5S. The average molecular weight is 509 g/mol. The van der Waals surface area contributed by atoms with E-state index in [2.05, 4.69) is 10.1 Å². The topological polar surface area (TPSA) is 103 Å². The minimum Gasteiger partial charge on any atom is -0.484 e. The first-order valence-electron chi connectivity index (χ1n) is 10.1. The Kier molecular flexibility index (Phi) is 5.46. The molecule has 4 rings (SSSR count). The number of likely N-dealkylation sites (tertiary alicyclic amines) is 1. The summed E-state index contributed by atoms with van der Waals surface area (Å²) in [4.78, 5) is 17.8. The third kappa shape index (κ3) is 4.34. The number of sulfone groups is 1. The standard InChI is InChI=1S/C20H20F5N3O5S/c1-10(18(2,21)22)32-14-5-4-12(34(3,30)31)6-13(14)15(29)28-8-11-7-19(11,9-28)17-26-16(27-33-17)20(23,24)25/h4-6,10-11H,7-9H2,1-3H3/t10-,11?,19?/m1/s1. The first kappa shape index (κ1) is 24.4. The van der Waals surface area contributed by atoms with Crippen molar-refractivity contribution in [2.75, 3.05) is 19.3 Å². The van der Waals surface area contributed by atoms with Gasteiger partial charge in [-0.2, -0.15) is 18.2 Å². The van der Waals surface area contributed by atoms with Crippen LogP contribution in [0.5, 0.6) is 5.75 Å². The van der Waals surface area contributed by atoms with Crippen LogP contribution in [0.15, 0.2) is 27.6 Å². The summed E-state index contributed by atoms with van der Waals surface area (Å²) >= 11 is 0. The van der Waals surface area contributed by atoms with Crippen LogP contribution in [0, 0.1) is 5.92 Å². The summed E-state index contributed by atoms with van der Waals surface area (Å²) in [7, 11) is -3.74. The number of carbonyl (C=O) groups is 1. The van der Waals surface area contributed by atoms with Crippen LogP contribution in [0.25, 0.3) is 0 Å². The van der Waals surface area contributed by atoms with Gasteiger partial charge in [0.2, 0.25) is 5.89 Å². The summed E-state index contributed by atoms with van der Waals surface area (Å²) in [6.45, 7) is 1.82. The molecule has 2 heterocycles. The average Bonchev–Trinajstić information content (AvgIpc) is 3.07. The zero-order valence-electron chi connectivity index (χ0n) is 18.2. The molecule has 8 nitrogen and oxygen atoms in total. The lowest BCUT2D eigenvalue weighted by Crippen LogP contribution is -2.35. The Hall–Kier alpha value is -2.77. The number of benzene rings is 1. The van der Waals surface area contributed by atoms with E-state index in [0.717, 1.165) is 31.4 Å². The van der Waals surface area contributed by atoms with Crippen LogP contribution in [-0.2, 0) is 21.4 Å². The number of rotatable bonds is 6. The molecule has 0 N–H and O–H groups in total. The van der Waals surface area contributed by atoms with Gasteiger partial charge >= 0.3 is 6.18 Å². The van der Waals surface area contributed by atoms with Crippen LogP contribution >= 0.6 is 0 Å². The molecule has 2 fully saturated rings. The summed E-state index contributed by atoms with van der Waals surface area (Å²) in [6.07, 6.45) is -5.05. The monoisotopic (exact) mass is 509 g/mol. The van der Waals surface area contributed by atoms with Gasteiger partial charge in [0.25, 0.3) is 17.7 Å². The number of fused-ring (bicyclic) bond motifs is 1. The fourth-order valence-electron chi connectivity index (χ4n) is 3.98. The Labute approximate surface area is 191 Å². The zero-order chi connectivity index (χ0) is 25.3. The van der Waals surface area contributed by atoms with Crippen molar-refractivity contribution >= 4 is 15.7 Å². The second kappa shape index (κ2) is 7.62. The van der Waals surface area contributed by atoms with Crippen molar-refractivity contribution in [1.82, 2.24) is 15.0 Å². The molecule has 1 aromatic heterocycles. The molecule has 2 aliphatic rings. The number of amides is 1. The maximum absolute atomic E-state index is 13.7. The summed E-state index contributed by atoms with van der Waals surface area (Å²) in [5, 5.41) is 2.97. The van der Waals surface area contributed by atoms with Crippen molar-refractivity contribution in [1.29, 1.82) is 0 Å². The van der Waals surface area contributed by atoms with E-state index in [4.69, 9.17) is 9.26 Å². The van der Waals surface area contributed by atoms with Crippen LogP contribution < -0.4 is 4.74 Å². The fourth-order valence-corrected chi connectivity index (χ4v) is 4.63. The molecule has 1 aliphatic heterocycles. The Balaban J connectivity index is 1.63. The van der Waals surface area contributed by atoms with Crippen LogP contribution in [-0.4, -0.2) is 60.7 Å². The number of nitrogens with zero attached hydrogens (tertiary/aromatic N) is 3. The molecule has 1 saturated heterocycles. The summed E-state index contributed by atoms with van der Waals surface area (Å²) in [5.74, 6) is -6.09. The number of piperidine rings is 1. The number of carbonyl (C=O) groups excluding carboxylic acids is 1. The number of hydrogen-bond donors (Lipinski definition) is 0. The number of aromatic nitrogens is 2. The van der Waals surface area contributed by atoms with Crippen molar-refractivity contribution in [3.63, 3.8) is 0 Å². The molecule has 3 atom stereocenters. The lowest BCUT2D eigenvalue weighted by molar-refractivity contribution is -0.146. The normalized spacial score (nSPS) is 23.5. The van der Waals surface area contributed by atoms with Crippen molar-refractivity contribution in [2.24, 2.45) is 5.92 Å². The first-order chi connectivity index (χ1) is 15.5. The van der Waals surface area contributed by atoms with Gasteiger partial charge in [-0.3, -0.25) is 4.79 Å². The molecule has 1 saturated carbocycles. The lowest BCUT2D eigenvalue weighted by Gasteiger charge is -2.25. The summed E-state index contributed by atoms with van der Waals surface area (Å²) < 4.78 is 100.0. The highest BCUT2D eigenvalue weighted by Crippen LogP contribution is 2.59. The van der Waals surface area contributed by atoms with Gasteiger partial charge in [-0.1, -0.05) is 5.16 Å². The number of hydrogen-bond acceptors (Lipinski definition) is 7. The maximum atomic E-state index is 13.7. The second-order valence-corrected chi connectivity index (χ2v) is 10.8. The molecule has 186 valence electrons. The largest absolute Gasteiger partial charge is 0.484 e. The van der Waals surface area contributed by atoms with Crippen LogP contribution in [0.3, 0.4) is 0 Å². The molecule has 0 bridgehead atoms. The fraction of sp³-hybridized carbons (Fsp3) is 0.550. The Bertz CT molecular complexity index is 1240. The molecule has 34 heavy (non-hydrogen) atoms. The van der Waals surface area contributed by atoms with E-state index >= 15 is 0 Å². The predicted octanol–water partition coefficient (Wildman–Crippen LogP) is 3.33. The Morgan fingerprint density at radius 3 is 2.53 bits per heavy atom. The van der Waals surface area contributed by atoms with Gasteiger partial charge in [0.1, 0.15) is 5.75 Å². The van der Waals surface area contributed by atoms with Crippen molar-refractivity contribution < 1.29 is 44.4 Å². The van der Waals surface area contributed by atoms with Crippen molar-refractivity contribution in [3.8, 4) is 5.75 Å². The molecule has 1 amide bonds. The molecule has 1 aliphatic carbocycles. The molecular weight excluding hydrogens is 489 g/mol. The van der Waals surface area contributed by atoms with Crippen LogP contribution in [0.2, 0.25) is 0 Å². The van der Waals surface area contributed by atoms with E-state index in [1.54, 1.807) is 0 Å². The van der Waals surface area contributed by atoms with Crippen LogP contribution in [0.4, 0.5) is 22.0 Å². The molecule has 0 spiro atoms. The third-order valence-corrected chi connectivity index (χ3v) is 7.28. The molecule has 14 heteroatoms. The predicted molar refractivity (Wildman–Crippen MR) is 105 cm³/mol. The van der Waals surface area contributed by atoms with Gasteiger partial charge < -0.3 is 14.2 Å². The van der Waals surface area contributed by atoms with Gasteiger partial charge in [0.05, 0.1) is 15.9 Å². The van der Waals surface area contributed by atoms with Crippen molar-refractivity contribution in [3.05, 3.63) is 35.5 Å². The van der Waals surface area contributed by atoms with E-state index < -0.39 is 45.2 Å². The van der Waals surface area contributed by atoms with Gasteiger partial charge in [0, 0.05) is 26.3 Å². The molecule has 2 aromatic rings. The number of alkyl halides is 5. The minimum absolute atomic E-state index is 0.0575. The number of ether oxygens (including phenoxy) is 1. The quantitative estimate of drug-likeness (QED) is 0.551. The van der Waals surface area contributed by atoms with Crippen LogP contribution in [0.1, 0.15) is 42.3 Å². The molecule has 2 unspecified atom stereocenters. The van der Waals surface area contributed by atoms with E-state index in [0.29, 0.717) is 13.3 Å². The van der Waals surface area contributed by atoms with Gasteiger partial charge in [-0.05, 0) is 37.5 Å². The summed E-state index contributed by atoms with van der Waals surface area (Å²) in [5.41, 5.74) is -1.19. The minimum atomic E-state index is -4.78. The Morgan fingerprint density at radius 1 is 1.29 bits per heavy atom. The van der Waals surface area contributed by atoms with E-state index in [-0.39, 0.29) is 41.1 Å². The lowest BCUT2D eigenvalue weighted by atomic mass is 10.1. The molecule has 1 aromatic carbocycles. The van der Waals surface area contributed by atoms with E-state index in [1.807, 2.05) is 0 Å². The maximum Gasteiger partial charge on any atom is 0.455 e. The summed E-state index contributed by atoms with van der Waals surface area (Å²) in [6, 6.07) is 3.31. The smallest absolute Gasteiger partial charge is 0.455 e. The zero-order valence-corrected chi connectivity index (χ0v) is 19.0. The van der Waals surface area contributed by atoms with Crippen molar-refractivity contribution in [2.45, 2.75) is 48.8 Å². The van der Waals surface area contributed by atoms with Gasteiger partial charge in [-0.25, -0.2) is 17.2 Å². The highest BCUT2D eigenvalue weighted by atomic mass is 32.2. The van der Waals surface area contributed by atoms with E-state index in [9.17, 15) is 35.2 Å². The Morgan fingerprint density at radius 2 is 1.97 bits per heavy atom. The first-order valence-corrected chi connectivity index (χ1v) is 12.0. The second-order valence-electron chi connectivity index (χ2n) is 8.81. The highest BCUT2D eigenvalue weighted by Gasteiger charge is 2.66. The SMILES string of the molecule is C[C@@H](Oc1ccc(S(C)(=O)=O)cc1C(=O)N1CC2CC2(c2nc(C(F)(F)F)no2)C1)C(C)(F)F. The van der Waals surface area contributed by atoms with Gasteiger partial charge in [0.15, 0.2) is 15.9 Å². The molecule has 0 radical (unpaired) electrons. The highest BCUT2D eigenvalue weighted by molar-refractivity contribution is 7.90. The number of halogens is 5. The van der Waals surface area contributed by atoms with Gasteiger partial charge in [-0.15, -0.1) is 0 Å².